The minimum absolute atomic E-state index is 0.285. The summed E-state index contributed by atoms with van der Waals surface area (Å²) in [4.78, 5) is 38.8. The first-order chi connectivity index (χ1) is 15.0. The van der Waals surface area contributed by atoms with Gasteiger partial charge in [0.25, 0.3) is 5.56 Å². The number of hydrogen-bond acceptors (Lipinski definition) is 5. The van der Waals surface area contributed by atoms with Gasteiger partial charge in [-0.3, -0.25) is 9.78 Å². The van der Waals surface area contributed by atoms with Crippen molar-refractivity contribution in [2.75, 3.05) is 5.32 Å². The van der Waals surface area contributed by atoms with Crippen molar-refractivity contribution in [3.8, 4) is 11.6 Å². The first-order valence-electron chi connectivity index (χ1n) is 9.26. The van der Waals surface area contributed by atoms with Crippen LogP contribution in [0.5, 0.6) is 5.88 Å². The van der Waals surface area contributed by atoms with Gasteiger partial charge in [-0.05, 0) is 23.6 Å². The minimum Gasteiger partial charge on any atom is -0.493 e. The van der Waals surface area contributed by atoms with E-state index < -0.39 is 23.2 Å². The zero-order chi connectivity index (χ0) is 21.8. The summed E-state index contributed by atoms with van der Waals surface area (Å²) in [6.45, 7) is 0. The first-order valence-corrected chi connectivity index (χ1v) is 9.26. The van der Waals surface area contributed by atoms with Gasteiger partial charge in [-0.2, -0.15) is 5.10 Å². The van der Waals surface area contributed by atoms with Crippen LogP contribution in [-0.4, -0.2) is 26.9 Å². The minimum atomic E-state index is -0.840. The third-order valence-electron chi connectivity index (χ3n) is 4.52. The number of benzene rings is 3. The molecule has 0 aliphatic heterocycles. The van der Waals surface area contributed by atoms with Crippen molar-refractivity contribution in [1.82, 2.24) is 15.0 Å². The number of aromatic hydroxyl groups is 1. The number of hydrazone groups is 1. The van der Waals surface area contributed by atoms with Crippen LogP contribution >= 0.6 is 0 Å². The van der Waals surface area contributed by atoms with Crippen molar-refractivity contribution >= 4 is 28.7 Å². The average molecular weight is 415 g/mol. The Balaban J connectivity index is 1.67. The van der Waals surface area contributed by atoms with Crippen LogP contribution < -0.4 is 22.0 Å². The summed E-state index contributed by atoms with van der Waals surface area (Å²) < 4.78 is 0.981. The lowest BCUT2D eigenvalue weighted by atomic mass is 10.1. The smallest absolute Gasteiger partial charge is 0.339 e. The summed E-state index contributed by atoms with van der Waals surface area (Å²) in [5.41, 5.74) is 1.23. The molecule has 4 aromatic rings. The van der Waals surface area contributed by atoms with Gasteiger partial charge in [0.1, 0.15) is 5.56 Å². The quantitative estimate of drug-likeness (QED) is 0.302. The highest BCUT2D eigenvalue weighted by Gasteiger charge is 2.16. The predicted molar refractivity (Wildman–Crippen MR) is 118 cm³/mol. The molecule has 9 heteroatoms. The molecule has 0 fully saturated rings. The predicted octanol–water partition coefficient (Wildman–Crippen LogP) is 2.54. The fraction of sp³-hybridized carbons (Fsp3) is 0. The molecule has 0 atom stereocenters. The van der Waals surface area contributed by atoms with Crippen LogP contribution in [0, 0.1) is 0 Å². The molecule has 0 saturated heterocycles. The van der Waals surface area contributed by atoms with E-state index >= 15 is 0 Å². The van der Waals surface area contributed by atoms with E-state index in [1.165, 1.54) is 0 Å². The van der Waals surface area contributed by atoms with E-state index in [1.54, 1.807) is 54.6 Å². The third-order valence-corrected chi connectivity index (χ3v) is 4.52. The molecular formula is C22H17N5O4. The van der Waals surface area contributed by atoms with E-state index in [2.05, 4.69) is 20.8 Å². The number of carbonyl (C=O) groups excluding carboxylic acids is 1. The first kappa shape index (κ1) is 19.6. The number of para-hydroxylation sites is 1. The van der Waals surface area contributed by atoms with Gasteiger partial charge < -0.3 is 10.4 Å². The molecule has 9 nitrogen and oxygen atoms in total. The number of rotatable bonds is 4. The average Bonchev–Trinajstić information content (AvgIpc) is 2.77. The number of carbonyl (C=O) groups is 1. The molecule has 1 aromatic heterocycles. The summed E-state index contributed by atoms with van der Waals surface area (Å²) in [6, 6.07) is 20.6. The van der Waals surface area contributed by atoms with Crippen LogP contribution in [0.25, 0.3) is 16.5 Å². The number of amides is 2. The fourth-order valence-corrected chi connectivity index (χ4v) is 3.12. The number of aromatic amines is 1. The molecule has 4 rings (SSSR count). The second-order valence-corrected chi connectivity index (χ2v) is 6.52. The lowest BCUT2D eigenvalue weighted by molar-refractivity contribution is 0.252. The van der Waals surface area contributed by atoms with E-state index in [4.69, 9.17) is 0 Å². The number of urea groups is 1. The Hall–Kier alpha value is -4.66. The molecule has 2 amide bonds. The normalized spacial score (nSPS) is 11.0. The van der Waals surface area contributed by atoms with E-state index in [0.29, 0.717) is 16.8 Å². The van der Waals surface area contributed by atoms with Gasteiger partial charge in [-0.1, -0.05) is 54.6 Å². The SMILES string of the molecule is O=C(NN=Cc1c(O)n(-c2cccc3ccccc23)c(=O)[nH]c1=O)Nc1ccccc1. The number of aromatic nitrogens is 2. The van der Waals surface area contributed by atoms with Gasteiger partial charge in [0.2, 0.25) is 5.88 Å². The molecule has 0 radical (unpaired) electrons. The van der Waals surface area contributed by atoms with Gasteiger partial charge in [-0.15, -0.1) is 0 Å². The van der Waals surface area contributed by atoms with Gasteiger partial charge >= 0.3 is 11.7 Å². The standard InChI is InChI=1S/C22H17N5O4/c28-19-17(13-23-26-21(30)24-15-9-2-1-3-10-15)20(29)27(22(31)25-19)18-12-6-8-14-7-4-5-11-16(14)18/h1-13,29H,(H2,24,26,30)(H,25,28,31). The molecular weight excluding hydrogens is 398 g/mol. The summed E-state index contributed by atoms with van der Waals surface area (Å²) in [5, 5.41) is 18.5. The molecule has 3 aromatic carbocycles. The molecule has 0 spiro atoms. The molecule has 0 aliphatic carbocycles. The molecule has 4 N–H and O–H groups in total. The van der Waals surface area contributed by atoms with Crippen LogP contribution in [0.4, 0.5) is 10.5 Å². The zero-order valence-corrected chi connectivity index (χ0v) is 16.1. The van der Waals surface area contributed by atoms with Gasteiger partial charge in [0.15, 0.2) is 0 Å². The van der Waals surface area contributed by atoms with Crippen LogP contribution in [0.15, 0.2) is 87.5 Å². The molecule has 0 saturated carbocycles. The number of fused-ring (bicyclic) bond motifs is 1. The van der Waals surface area contributed by atoms with Crippen molar-refractivity contribution in [2.24, 2.45) is 5.10 Å². The molecule has 31 heavy (non-hydrogen) atoms. The van der Waals surface area contributed by atoms with Crippen molar-refractivity contribution in [3.05, 3.63) is 99.2 Å². The Kier molecular flexibility index (Phi) is 5.31. The Bertz CT molecular complexity index is 1400. The number of H-pyrrole nitrogens is 1. The molecule has 154 valence electrons. The van der Waals surface area contributed by atoms with Gasteiger partial charge in [0.05, 0.1) is 11.9 Å². The fourth-order valence-electron chi connectivity index (χ4n) is 3.12. The Labute approximate surface area is 175 Å². The Morgan fingerprint density at radius 2 is 1.68 bits per heavy atom. The molecule has 0 unspecified atom stereocenters. The lowest BCUT2D eigenvalue weighted by Gasteiger charge is -2.12. The van der Waals surface area contributed by atoms with Crippen LogP contribution in [-0.2, 0) is 0 Å². The maximum atomic E-state index is 12.5. The molecule has 0 bridgehead atoms. The highest BCUT2D eigenvalue weighted by atomic mass is 16.3. The van der Waals surface area contributed by atoms with Crippen molar-refractivity contribution in [2.45, 2.75) is 0 Å². The summed E-state index contributed by atoms with van der Waals surface area (Å²) in [7, 11) is 0. The number of nitrogens with one attached hydrogen (secondary N) is 3. The highest BCUT2D eigenvalue weighted by Crippen LogP contribution is 2.24. The van der Waals surface area contributed by atoms with E-state index in [-0.39, 0.29) is 5.56 Å². The van der Waals surface area contributed by atoms with Crippen LogP contribution in [0.3, 0.4) is 0 Å². The van der Waals surface area contributed by atoms with Crippen molar-refractivity contribution in [1.29, 1.82) is 0 Å². The Morgan fingerprint density at radius 1 is 0.968 bits per heavy atom. The van der Waals surface area contributed by atoms with E-state index in [9.17, 15) is 19.5 Å². The van der Waals surface area contributed by atoms with Crippen LogP contribution in [0.1, 0.15) is 5.56 Å². The summed E-state index contributed by atoms with van der Waals surface area (Å²) >= 11 is 0. The number of anilines is 1. The van der Waals surface area contributed by atoms with Gasteiger partial charge in [-0.25, -0.2) is 19.6 Å². The number of hydrogen-bond donors (Lipinski definition) is 4. The number of nitrogens with zero attached hydrogens (tertiary/aromatic N) is 2. The largest absolute Gasteiger partial charge is 0.493 e. The van der Waals surface area contributed by atoms with Crippen molar-refractivity contribution in [3.63, 3.8) is 0 Å². The van der Waals surface area contributed by atoms with Gasteiger partial charge in [0, 0.05) is 11.1 Å². The van der Waals surface area contributed by atoms with E-state index in [1.807, 2.05) is 18.2 Å². The maximum absolute atomic E-state index is 12.5. The Morgan fingerprint density at radius 3 is 2.48 bits per heavy atom. The van der Waals surface area contributed by atoms with E-state index in [0.717, 1.165) is 16.2 Å². The summed E-state index contributed by atoms with van der Waals surface area (Å²) in [5.74, 6) is -0.598. The highest BCUT2D eigenvalue weighted by molar-refractivity contribution is 5.92. The molecule has 1 heterocycles. The third kappa shape index (κ3) is 4.06. The monoisotopic (exact) mass is 415 g/mol. The molecule has 0 aliphatic rings. The maximum Gasteiger partial charge on any atom is 0.339 e. The second-order valence-electron chi connectivity index (χ2n) is 6.52. The van der Waals surface area contributed by atoms with Crippen LogP contribution in [0.2, 0.25) is 0 Å². The topological polar surface area (TPSA) is 129 Å². The summed E-state index contributed by atoms with van der Waals surface area (Å²) in [6.07, 6.45) is 0.972. The second kappa shape index (κ2) is 8.37. The zero-order valence-electron chi connectivity index (χ0n) is 16.1. The van der Waals surface area contributed by atoms with Crippen molar-refractivity contribution < 1.29 is 9.90 Å². The lowest BCUT2D eigenvalue weighted by Crippen LogP contribution is -2.32.